The number of methoxy groups -OCH3 is 1. The van der Waals surface area contributed by atoms with Crippen LogP contribution in [0, 0.1) is 19.8 Å². The van der Waals surface area contributed by atoms with Crippen molar-refractivity contribution in [1.82, 2.24) is 0 Å². The van der Waals surface area contributed by atoms with E-state index in [-0.39, 0.29) is 11.3 Å². The highest BCUT2D eigenvalue weighted by molar-refractivity contribution is 6.05. The summed E-state index contributed by atoms with van der Waals surface area (Å²) in [7, 11) is 1.75. The molecule has 0 aromatic heterocycles. The van der Waals surface area contributed by atoms with Crippen molar-refractivity contribution in [2.75, 3.05) is 7.11 Å². The first-order chi connectivity index (χ1) is 12.7. The molecule has 0 N–H and O–H groups in total. The molecular weight excluding hydrogens is 332 g/mol. The maximum absolute atomic E-state index is 13.1. The number of ketones is 1. The van der Waals surface area contributed by atoms with Gasteiger partial charge in [-0.25, -0.2) is 0 Å². The van der Waals surface area contributed by atoms with Crippen molar-refractivity contribution in [2.45, 2.75) is 66.2 Å². The molecule has 0 aliphatic heterocycles. The fourth-order valence-electron chi connectivity index (χ4n) is 4.47. The number of aryl methyl sites for hydroxylation is 2. The molecule has 3 rings (SSSR count). The molecule has 1 aliphatic rings. The first kappa shape index (κ1) is 19.7. The Balaban J connectivity index is 2.36. The van der Waals surface area contributed by atoms with Crippen LogP contribution in [-0.4, -0.2) is 12.9 Å². The second-order valence-electron chi connectivity index (χ2n) is 9.04. The molecule has 2 nitrogen and oxygen atoms in total. The number of hydrogen-bond donors (Lipinski definition) is 0. The van der Waals surface area contributed by atoms with E-state index in [1.54, 1.807) is 7.11 Å². The lowest BCUT2D eigenvalue weighted by Crippen LogP contribution is -2.15. The lowest BCUT2D eigenvalue weighted by atomic mass is 9.81. The van der Waals surface area contributed by atoms with Crippen molar-refractivity contribution in [3.8, 4) is 16.9 Å². The van der Waals surface area contributed by atoms with Gasteiger partial charge in [0.05, 0.1) is 7.11 Å². The minimum absolute atomic E-state index is 0.100. The van der Waals surface area contributed by atoms with Gasteiger partial charge in [0.2, 0.25) is 0 Å². The maximum Gasteiger partial charge on any atom is 0.166 e. The third kappa shape index (κ3) is 3.54. The van der Waals surface area contributed by atoms with Gasteiger partial charge in [-0.3, -0.25) is 4.79 Å². The lowest BCUT2D eigenvalue weighted by Gasteiger charge is -2.26. The van der Waals surface area contributed by atoms with Gasteiger partial charge in [-0.2, -0.15) is 0 Å². The van der Waals surface area contributed by atoms with Crippen LogP contribution < -0.4 is 4.74 Å². The Bertz CT molecular complexity index is 864. The molecule has 0 fully saturated rings. The van der Waals surface area contributed by atoms with Crippen LogP contribution in [0.3, 0.4) is 0 Å². The predicted molar refractivity (Wildman–Crippen MR) is 113 cm³/mol. The molecule has 27 heavy (non-hydrogen) atoms. The number of fused-ring (bicyclic) bond motifs is 1. The van der Waals surface area contributed by atoms with Crippen molar-refractivity contribution >= 4 is 5.78 Å². The normalized spacial score (nSPS) is 16.6. The topological polar surface area (TPSA) is 26.3 Å². The van der Waals surface area contributed by atoms with Crippen LogP contribution in [0.2, 0.25) is 0 Å². The number of carbonyl (C=O) groups excluding carboxylic acids is 1. The molecule has 1 aliphatic carbocycles. The zero-order chi connectivity index (χ0) is 19.9. The van der Waals surface area contributed by atoms with Crippen molar-refractivity contribution < 1.29 is 9.53 Å². The van der Waals surface area contributed by atoms with E-state index in [0.717, 1.165) is 47.3 Å². The quantitative estimate of drug-likeness (QED) is 0.624. The van der Waals surface area contributed by atoms with Crippen LogP contribution in [0.1, 0.15) is 73.1 Å². The van der Waals surface area contributed by atoms with E-state index in [4.69, 9.17) is 4.74 Å². The van der Waals surface area contributed by atoms with Gasteiger partial charge >= 0.3 is 0 Å². The van der Waals surface area contributed by atoms with Gasteiger partial charge in [-0.1, -0.05) is 63.4 Å². The number of rotatable bonds is 4. The Labute approximate surface area is 164 Å². The fourth-order valence-corrected chi connectivity index (χ4v) is 4.47. The Hall–Kier alpha value is -2.09. The summed E-state index contributed by atoms with van der Waals surface area (Å²) in [6.07, 6.45) is 2.81. The largest absolute Gasteiger partial charge is 0.496 e. The molecule has 0 amide bonds. The number of Topliss-reactive ketones (excluding diaryl/α,β-unsaturated/α-hetero) is 1. The van der Waals surface area contributed by atoms with Crippen LogP contribution in [-0.2, 0) is 11.8 Å². The van der Waals surface area contributed by atoms with Crippen LogP contribution in [0.4, 0.5) is 0 Å². The summed E-state index contributed by atoms with van der Waals surface area (Å²) >= 11 is 0. The number of ether oxygens (including phenoxy) is 1. The van der Waals surface area contributed by atoms with Gasteiger partial charge < -0.3 is 4.74 Å². The van der Waals surface area contributed by atoms with E-state index in [1.165, 1.54) is 16.7 Å². The molecule has 1 atom stereocenters. The molecule has 2 aromatic rings. The molecule has 0 saturated carbocycles. The smallest absolute Gasteiger partial charge is 0.166 e. The molecule has 1 unspecified atom stereocenters. The minimum Gasteiger partial charge on any atom is -0.496 e. The number of hydrogen-bond acceptors (Lipinski definition) is 2. The third-order valence-electron chi connectivity index (χ3n) is 5.63. The highest BCUT2D eigenvalue weighted by Crippen LogP contribution is 2.47. The van der Waals surface area contributed by atoms with E-state index in [1.807, 2.05) is 0 Å². The summed E-state index contributed by atoms with van der Waals surface area (Å²) in [5, 5.41) is 0. The van der Waals surface area contributed by atoms with Crippen molar-refractivity contribution in [3.05, 3.63) is 52.1 Å². The fraction of sp³-hybridized carbons (Fsp3) is 0.480. The van der Waals surface area contributed by atoms with Gasteiger partial charge in [-0.05, 0) is 49.3 Å². The zero-order valence-electron chi connectivity index (χ0n) is 17.8. The summed E-state index contributed by atoms with van der Waals surface area (Å²) in [6, 6.07) is 8.73. The standard InChI is InChI=1S/C25H32O2/c1-8-9-17-13-19-20(23(17)26)14-21(25(4,5)6)24(27-7)22(19)18-11-15(2)10-16(3)12-18/h10-12,14,17H,8-9,13H2,1-7H3. The van der Waals surface area contributed by atoms with Crippen molar-refractivity contribution in [1.29, 1.82) is 0 Å². The van der Waals surface area contributed by atoms with E-state index < -0.39 is 0 Å². The van der Waals surface area contributed by atoms with E-state index in [0.29, 0.717) is 5.78 Å². The molecule has 144 valence electrons. The molecule has 0 heterocycles. The molecule has 2 aromatic carbocycles. The summed E-state index contributed by atoms with van der Waals surface area (Å²) < 4.78 is 5.98. The maximum atomic E-state index is 13.1. The third-order valence-corrected chi connectivity index (χ3v) is 5.63. The second kappa shape index (κ2) is 7.14. The van der Waals surface area contributed by atoms with Gasteiger partial charge in [0.1, 0.15) is 5.75 Å². The molecule has 0 radical (unpaired) electrons. The highest BCUT2D eigenvalue weighted by Gasteiger charge is 2.36. The average molecular weight is 365 g/mol. The molecule has 0 saturated heterocycles. The Morgan fingerprint density at radius 3 is 2.22 bits per heavy atom. The van der Waals surface area contributed by atoms with Gasteiger partial charge in [0, 0.05) is 22.6 Å². The lowest BCUT2D eigenvalue weighted by molar-refractivity contribution is 0.0930. The highest BCUT2D eigenvalue weighted by atomic mass is 16.5. The second-order valence-corrected chi connectivity index (χ2v) is 9.04. The monoisotopic (exact) mass is 364 g/mol. The van der Waals surface area contributed by atoms with E-state index in [9.17, 15) is 4.79 Å². The molecule has 0 bridgehead atoms. The summed E-state index contributed by atoms with van der Waals surface area (Å²) in [5.41, 5.74) is 7.85. The first-order valence-electron chi connectivity index (χ1n) is 10.0. The number of carbonyl (C=O) groups is 1. The number of benzene rings is 2. The Kier molecular flexibility index (Phi) is 5.20. The summed E-state index contributed by atoms with van der Waals surface area (Å²) in [5.74, 6) is 1.34. The summed E-state index contributed by atoms with van der Waals surface area (Å²) in [4.78, 5) is 13.1. The molecule has 2 heteroatoms. The van der Waals surface area contributed by atoms with E-state index >= 15 is 0 Å². The van der Waals surface area contributed by atoms with Gasteiger partial charge in [0.25, 0.3) is 0 Å². The van der Waals surface area contributed by atoms with Crippen LogP contribution in [0.25, 0.3) is 11.1 Å². The SMILES string of the molecule is CCCC1Cc2c(cc(C(C)(C)C)c(OC)c2-c2cc(C)cc(C)c2)C1=O. The van der Waals surface area contributed by atoms with Crippen molar-refractivity contribution in [3.63, 3.8) is 0 Å². The first-order valence-corrected chi connectivity index (χ1v) is 10.0. The van der Waals surface area contributed by atoms with Crippen LogP contribution in [0.15, 0.2) is 24.3 Å². The van der Waals surface area contributed by atoms with Gasteiger partial charge in [0.15, 0.2) is 5.78 Å². The Morgan fingerprint density at radius 1 is 1.07 bits per heavy atom. The predicted octanol–water partition coefficient (Wildman–Crippen LogP) is 6.43. The minimum atomic E-state index is -0.100. The van der Waals surface area contributed by atoms with Crippen LogP contribution in [0.5, 0.6) is 5.75 Å². The molecular formula is C25H32O2. The Morgan fingerprint density at radius 2 is 1.70 bits per heavy atom. The molecule has 0 spiro atoms. The average Bonchev–Trinajstić information content (AvgIpc) is 2.87. The zero-order valence-corrected chi connectivity index (χ0v) is 17.8. The van der Waals surface area contributed by atoms with Crippen molar-refractivity contribution in [2.24, 2.45) is 5.92 Å². The summed E-state index contributed by atoms with van der Waals surface area (Å²) in [6.45, 7) is 13.0. The van der Waals surface area contributed by atoms with Gasteiger partial charge in [-0.15, -0.1) is 0 Å². The van der Waals surface area contributed by atoms with Crippen LogP contribution >= 0.6 is 0 Å². The van der Waals surface area contributed by atoms with E-state index in [2.05, 4.69) is 65.8 Å².